The Hall–Kier alpha value is -2.61. The number of unbranched alkanes of at least 4 members (excludes halogenated alkanes) is 22. The molecule has 360 valence electrons. The lowest BCUT2D eigenvalue weighted by Crippen LogP contribution is -2.35. The van der Waals surface area contributed by atoms with E-state index < -0.39 is 12.1 Å². The van der Waals surface area contributed by atoms with Crippen molar-refractivity contribution >= 4 is 18.1 Å². The number of hydrogen-bond donors (Lipinski definition) is 0. The molecule has 0 aliphatic carbocycles. The molecule has 1 aliphatic rings. The number of carbonyl (C=O) groups excluding carboxylic acids is 3. The average molecular weight is 872 g/mol. The maximum Gasteiger partial charge on any atom is 0.508 e. The van der Waals surface area contributed by atoms with E-state index >= 15 is 0 Å². The normalized spacial score (nSPS) is 14.1. The maximum absolute atomic E-state index is 13.2. The van der Waals surface area contributed by atoms with Crippen molar-refractivity contribution in [3.8, 4) is 0 Å². The zero-order valence-electron chi connectivity index (χ0n) is 40.9. The number of hydrogen-bond acceptors (Lipinski definition) is 8. The third kappa shape index (κ3) is 36.8. The third-order valence-corrected chi connectivity index (χ3v) is 12.3. The van der Waals surface area contributed by atoms with E-state index in [-0.39, 0.29) is 31.8 Å². The highest BCUT2D eigenvalue weighted by molar-refractivity contribution is 5.82. The van der Waals surface area contributed by atoms with Gasteiger partial charge in [0.2, 0.25) is 0 Å². The molecule has 0 radical (unpaired) electrons. The van der Waals surface area contributed by atoms with Crippen molar-refractivity contribution in [3.63, 3.8) is 0 Å². The van der Waals surface area contributed by atoms with Crippen molar-refractivity contribution < 1.29 is 33.3 Å². The van der Waals surface area contributed by atoms with Crippen LogP contribution in [0.4, 0.5) is 4.79 Å². The molecule has 0 saturated carbocycles. The lowest BCUT2D eigenvalue weighted by molar-refractivity contribution is -0.148. The van der Waals surface area contributed by atoms with Gasteiger partial charge in [0.15, 0.2) is 0 Å². The first-order chi connectivity index (χ1) is 30.4. The zero-order chi connectivity index (χ0) is 45.0. The number of carbonyl (C=O) groups is 3. The number of rotatable bonds is 42. The molecular weight excluding hydrogens is 775 g/mol. The molecule has 0 aromatic carbocycles. The van der Waals surface area contributed by atoms with Crippen LogP contribution in [-0.4, -0.2) is 69.1 Å². The van der Waals surface area contributed by atoms with E-state index in [1.807, 2.05) is 0 Å². The van der Waals surface area contributed by atoms with E-state index in [1.54, 1.807) is 6.08 Å². The molecule has 0 bridgehead atoms. The Balaban J connectivity index is 2.63. The second kappa shape index (κ2) is 43.6. The van der Waals surface area contributed by atoms with E-state index in [0.717, 1.165) is 109 Å². The lowest BCUT2D eigenvalue weighted by atomic mass is 9.98. The van der Waals surface area contributed by atoms with Gasteiger partial charge in [-0.05, 0) is 103 Å². The van der Waals surface area contributed by atoms with E-state index in [4.69, 9.17) is 18.9 Å². The summed E-state index contributed by atoms with van der Waals surface area (Å²) in [4.78, 5) is 41.1. The second-order valence-electron chi connectivity index (χ2n) is 18.2. The van der Waals surface area contributed by atoms with Crippen molar-refractivity contribution in [2.45, 2.75) is 233 Å². The number of likely N-dealkylation sites (tertiary alicyclic amines) is 1. The maximum atomic E-state index is 13.2. The van der Waals surface area contributed by atoms with Gasteiger partial charge >= 0.3 is 18.1 Å². The molecule has 0 amide bonds. The van der Waals surface area contributed by atoms with Crippen LogP contribution in [0.3, 0.4) is 0 Å². The summed E-state index contributed by atoms with van der Waals surface area (Å²) in [6.45, 7) is 12.3. The van der Waals surface area contributed by atoms with Gasteiger partial charge in [-0.1, -0.05) is 180 Å². The van der Waals surface area contributed by atoms with Crippen LogP contribution < -0.4 is 0 Å². The summed E-state index contributed by atoms with van der Waals surface area (Å²) in [5, 5.41) is 0. The topological polar surface area (TPSA) is 91.4 Å². The molecule has 1 heterocycles. The van der Waals surface area contributed by atoms with Gasteiger partial charge in [0.25, 0.3) is 0 Å². The van der Waals surface area contributed by atoms with Gasteiger partial charge in [0.05, 0.1) is 12.5 Å². The van der Waals surface area contributed by atoms with Crippen molar-refractivity contribution in [2.24, 2.45) is 11.8 Å². The monoisotopic (exact) mass is 872 g/mol. The minimum Gasteiger partial charge on any atom is -0.465 e. The Morgan fingerprint density at radius 2 is 0.968 bits per heavy atom. The van der Waals surface area contributed by atoms with Gasteiger partial charge in [-0.2, -0.15) is 0 Å². The van der Waals surface area contributed by atoms with Crippen LogP contribution in [0.15, 0.2) is 36.0 Å². The highest BCUT2D eigenvalue weighted by atomic mass is 16.7. The first-order valence-corrected chi connectivity index (χ1v) is 26.2. The molecule has 1 saturated heterocycles. The summed E-state index contributed by atoms with van der Waals surface area (Å²) < 4.78 is 22.4. The van der Waals surface area contributed by atoms with E-state index in [2.05, 4.69) is 56.9 Å². The first kappa shape index (κ1) is 57.4. The quantitative estimate of drug-likeness (QED) is 0.0197. The third-order valence-electron chi connectivity index (χ3n) is 12.3. The Labute approximate surface area is 382 Å². The second-order valence-corrected chi connectivity index (χ2v) is 18.2. The van der Waals surface area contributed by atoms with E-state index in [0.29, 0.717) is 18.9 Å². The van der Waals surface area contributed by atoms with Crippen molar-refractivity contribution in [1.29, 1.82) is 0 Å². The van der Waals surface area contributed by atoms with Gasteiger partial charge in [-0.25, -0.2) is 9.59 Å². The molecule has 1 unspecified atom stereocenters. The number of allylic oxidation sites excluding steroid dienone is 5. The van der Waals surface area contributed by atoms with Gasteiger partial charge in [0, 0.05) is 12.5 Å². The van der Waals surface area contributed by atoms with Gasteiger partial charge in [-0.3, -0.25) is 4.79 Å². The summed E-state index contributed by atoms with van der Waals surface area (Å²) in [5.41, 5.74) is 1.16. The molecule has 8 heteroatoms. The van der Waals surface area contributed by atoms with Crippen molar-refractivity contribution in [1.82, 2.24) is 4.90 Å². The Kier molecular flexibility index (Phi) is 40.4. The predicted octanol–water partition coefficient (Wildman–Crippen LogP) is 15.4. The van der Waals surface area contributed by atoms with Gasteiger partial charge in [0.1, 0.15) is 19.8 Å². The molecule has 62 heavy (non-hydrogen) atoms. The average Bonchev–Trinajstić information content (AvgIpc) is 3.28. The Bertz CT molecular complexity index is 1120. The highest BCUT2D eigenvalue weighted by Crippen LogP contribution is 2.21. The minimum atomic E-state index is -0.728. The van der Waals surface area contributed by atoms with Crippen LogP contribution >= 0.6 is 0 Å². The molecule has 1 aliphatic heterocycles. The molecule has 1 rings (SSSR count). The molecule has 0 aromatic heterocycles. The molecule has 1 atom stereocenters. The standard InChI is InChI=1S/C54H97NO7/c1-5-9-12-15-18-21-22-23-24-25-26-27-30-33-36-39-52(56)59-46-51(48-62-54(58)61-45-50-40-42-55(8-4)43-41-50)47-60-53(57)44-49(37-34-31-28-19-16-13-10-6-2)38-35-32-29-20-17-14-11-7-3/h18,21,23-24,44,50-51H,5-17,19-20,22,25-43,45-48H2,1-4H3/b21-18-,24-23-. The summed E-state index contributed by atoms with van der Waals surface area (Å²) in [6, 6.07) is 0. The number of ether oxygens (including phenoxy) is 4. The van der Waals surface area contributed by atoms with Crippen LogP contribution in [-0.2, 0) is 28.5 Å². The smallest absolute Gasteiger partial charge is 0.465 e. The van der Waals surface area contributed by atoms with Crippen LogP contribution in [0.5, 0.6) is 0 Å². The molecule has 8 nitrogen and oxygen atoms in total. The minimum absolute atomic E-state index is 0.00212. The van der Waals surface area contributed by atoms with E-state index in [1.165, 1.54) is 116 Å². The molecular formula is C54H97NO7. The van der Waals surface area contributed by atoms with Gasteiger partial charge < -0.3 is 23.8 Å². The fourth-order valence-electron chi connectivity index (χ4n) is 8.04. The summed E-state index contributed by atoms with van der Waals surface area (Å²) in [5.74, 6) is -0.799. The predicted molar refractivity (Wildman–Crippen MR) is 259 cm³/mol. The summed E-state index contributed by atoms with van der Waals surface area (Å²) >= 11 is 0. The molecule has 0 spiro atoms. The van der Waals surface area contributed by atoms with Gasteiger partial charge in [-0.15, -0.1) is 0 Å². The van der Waals surface area contributed by atoms with Crippen LogP contribution in [0.1, 0.15) is 233 Å². The number of piperidine rings is 1. The van der Waals surface area contributed by atoms with E-state index in [9.17, 15) is 14.4 Å². The van der Waals surface area contributed by atoms with Crippen LogP contribution in [0.2, 0.25) is 0 Å². The van der Waals surface area contributed by atoms with Crippen molar-refractivity contribution in [3.05, 3.63) is 36.0 Å². The number of esters is 2. The largest absolute Gasteiger partial charge is 0.508 e. The SMILES string of the molecule is CCCCC/C=C\C/C=C\CCCCCCCC(=O)OCC(COC(=O)C=C(CCCCCCCCCC)CCCCCCCCCC)COC(=O)OCC1CCN(CC)CC1. The molecule has 1 fully saturated rings. The van der Waals surface area contributed by atoms with Crippen LogP contribution in [0.25, 0.3) is 0 Å². The van der Waals surface area contributed by atoms with Crippen molar-refractivity contribution in [2.75, 3.05) is 46.1 Å². The zero-order valence-corrected chi connectivity index (χ0v) is 40.9. The molecule has 0 N–H and O–H groups in total. The Morgan fingerprint density at radius 3 is 1.52 bits per heavy atom. The van der Waals surface area contributed by atoms with Crippen LogP contribution in [0, 0.1) is 11.8 Å². The fourth-order valence-corrected chi connectivity index (χ4v) is 8.04. The Morgan fingerprint density at radius 1 is 0.516 bits per heavy atom. The fraction of sp³-hybridized carbons (Fsp3) is 0.833. The summed E-state index contributed by atoms with van der Waals surface area (Å²) in [7, 11) is 0. The highest BCUT2D eigenvalue weighted by Gasteiger charge is 2.22. The number of nitrogens with zero attached hydrogens (tertiary/aromatic N) is 1. The lowest BCUT2D eigenvalue weighted by Gasteiger charge is -2.30. The summed E-state index contributed by atoms with van der Waals surface area (Å²) in [6.07, 6.45) is 46.7. The molecule has 0 aromatic rings. The first-order valence-electron chi connectivity index (χ1n) is 26.2.